The molecular weight excluding hydrogens is 2340 g/mol. The summed E-state index contributed by atoms with van der Waals surface area (Å²) in [5, 5.41) is -78.7. The van der Waals surface area contributed by atoms with Crippen LogP contribution in [-0.2, 0) is 634 Å². The number of hydrogen-bond donors (Lipinski definition) is 0. The largest absolute Gasteiger partial charge is 0.271 e. The molecule has 0 radical (unpaired) electrons. The van der Waals surface area contributed by atoms with Gasteiger partial charge in [0.1, 0.15) is 0 Å². The van der Waals surface area contributed by atoms with Crippen molar-refractivity contribution < 1.29 is 0 Å². The van der Waals surface area contributed by atoms with Crippen molar-refractivity contribution in [1.82, 2.24) is 0 Å². The Labute approximate surface area is 635 Å². The molecule has 0 saturated heterocycles. The average molecular weight is 2340 g/mol. The van der Waals surface area contributed by atoms with E-state index < -0.39 is 120 Å². The first kappa shape index (κ1) is 88.9. The minimum Gasteiger partial charge on any atom is -0.271 e. The summed E-state index contributed by atoms with van der Waals surface area (Å²) in [6.07, 6.45) is 0. The topological polar surface area (TPSA) is 0 Å². The maximum Gasteiger partial charge on any atom is 0.0451 e. The summed E-state index contributed by atoms with van der Waals surface area (Å²) in [5.41, 5.74) is 0. The summed E-state index contributed by atoms with van der Waals surface area (Å²) in [6, 6.07) is 0. The quantitative estimate of drug-likeness (QED) is 0.0648. The summed E-state index contributed by atoms with van der Waals surface area (Å²) < 4.78 is -2.71. The molecule has 70 heavy (non-hydrogen) atoms. The fourth-order valence-electron chi connectivity index (χ4n) is 2.11. The second kappa shape index (κ2) is 28.0. The first-order valence-corrected chi connectivity index (χ1v) is 105. The molecule has 0 spiro atoms. The summed E-state index contributed by atoms with van der Waals surface area (Å²) in [6.45, 7) is 0. The maximum absolute atomic E-state index is 6.13. The second-order valence-electron chi connectivity index (χ2n) is 9.17. The van der Waals surface area contributed by atoms with Crippen molar-refractivity contribution in [2.75, 3.05) is 0 Å². The Morgan fingerprint density at radius 3 is 0.329 bits per heavy atom. The lowest BCUT2D eigenvalue weighted by atomic mass is 29.7. The highest BCUT2D eigenvalue weighted by Gasteiger charge is 2.47. The molecule has 0 unspecified atom stereocenters. The fraction of sp³-hybridized carbons (Fsp3) is 0. The Morgan fingerprint density at radius 2 is 0.243 bits per heavy atom. The predicted octanol–water partition coefficient (Wildman–Crippen LogP) is 0.720. The van der Waals surface area contributed by atoms with E-state index in [1.807, 2.05) is 0 Å². The van der Waals surface area contributed by atoms with E-state index in [0.717, 1.165) is 0 Å². The van der Waals surface area contributed by atoms with E-state index in [1.54, 1.807) is 21.2 Å². The first-order chi connectivity index (χ1) is 29.2. The van der Waals surface area contributed by atoms with Crippen molar-refractivity contribution in [2.24, 2.45) is 0 Å². The lowest BCUT2D eigenvalue weighted by Crippen LogP contribution is -2.40. The molecule has 0 aliphatic heterocycles. The Morgan fingerprint density at radius 1 is 0.157 bits per heavy atom. The van der Waals surface area contributed by atoms with E-state index in [2.05, 4.69) is 0 Å². The predicted molar refractivity (Wildman–Crippen MR) is 522 cm³/mol. The summed E-state index contributed by atoms with van der Waals surface area (Å²) in [7, 11) is -1.55. The van der Waals surface area contributed by atoms with Crippen molar-refractivity contribution in [3.8, 4) is 0 Å². The minimum atomic E-state index is -4.00. The van der Waals surface area contributed by atoms with Crippen molar-refractivity contribution in [2.45, 2.75) is 0 Å². The third-order valence-electron chi connectivity index (χ3n) is 5.41. The van der Waals surface area contributed by atoms with Gasteiger partial charge in [-0.2, -0.15) is 0 Å². The van der Waals surface area contributed by atoms with Gasteiger partial charge in [-0.1, -0.05) is 27.6 Å². The molecule has 0 fully saturated rings. The van der Waals surface area contributed by atoms with Gasteiger partial charge in [-0.25, -0.2) is 22.4 Å². The number of rotatable bonds is 22. The third kappa shape index (κ3) is 14.0. The molecule has 0 bridgehead atoms. The molecule has 0 saturated carbocycles. The molecule has 0 N–H and O–H groups in total. The number of hydrogen-bond acceptors (Lipinski definition) is 47. The average Bonchev–Trinajstić information content (AvgIpc) is 3.12. The standard InChI is InChI=1S/IS69/c1-49(4,5)51(8,9)53(12,13)55(16,17)57(20,21)59(24,25)61(28,29)63(32,33)65(36,37)67(40,41)69(44,45)70(46,47)68(42,43)66(38,39)64(34,35)62(30,31)60(26,27)58(22,23)56(18,19)54(14,15)52(10,11)50(6,7)48(2)3/q-1. The van der Waals surface area contributed by atoms with E-state index in [-0.39, 0.29) is 0 Å². The summed E-state index contributed by atoms with van der Waals surface area (Å²) in [4.78, 5) is 0. The van der Waals surface area contributed by atoms with Crippen molar-refractivity contribution in [3.05, 3.63) is 0 Å². The monoisotopic (exact) mass is 2330 g/mol. The van der Waals surface area contributed by atoms with E-state index in [0.29, 0.717) is 0 Å². The molecule has 0 aromatic rings. The van der Waals surface area contributed by atoms with Gasteiger partial charge in [0.25, 0.3) is 0 Å². The van der Waals surface area contributed by atoms with Gasteiger partial charge in [0, 0.05) is 129 Å². The molecule has 0 amide bonds. The van der Waals surface area contributed by atoms with Crippen LogP contribution in [-0.4, -0.2) is 0 Å². The molecule has 422 valence electrons. The molecule has 0 atom stereocenters. The van der Waals surface area contributed by atoms with Crippen molar-refractivity contribution >= 4 is 656 Å². The molecule has 0 nitrogen and oxygen atoms in total. The van der Waals surface area contributed by atoms with Crippen LogP contribution >= 0.6 is 21.2 Å². The van der Waals surface area contributed by atoms with Crippen LogP contribution < -0.4 is 0 Å². The number of halogens is 1. The van der Waals surface area contributed by atoms with Gasteiger partial charge in [0.15, 0.2) is 0 Å². The van der Waals surface area contributed by atoms with Crippen LogP contribution in [0.4, 0.5) is 0 Å². The van der Waals surface area contributed by atoms with Gasteiger partial charge in [-0.15, -0.1) is 0 Å². The normalized spacial score (nSPS) is 16.8. The Balaban J connectivity index is 8.62. The Bertz CT molecular complexity index is 5140. The van der Waals surface area contributed by atoms with Gasteiger partial charge >= 0.3 is 0 Å². The van der Waals surface area contributed by atoms with E-state index in [9.17, 15) is 0 Å². The van der Waals surface area contributed by atoms with Crippen molar-refractivity contribution in [3.63, 3.8) is 0 Å². The molecule has 0 aliphatic carbocycles. The zero-order chi connectivity index (χ0) is 58.6. The van der Waals surface area contributed by atoms with Gasteiger partial charge in [0.05, 0.1) is 0 Å². The van der Waals surface area contributed by atoms with Crippen LogP contribution in [0.3, 0.4) is 0 Å². The second-order valence-corrected chi connectivity index (χ2v) is 254. The van der Waals surface area contributed by atoms with Crippen LogP contribution in [0.2, 0.25) is 0 Å². The molecular formula is IS69-. The first-order valence-electron chi connectivity index (χ1n) is 11.5. The molecule has 0 aromatic heterocycles. The molecule has 0 rings (SSSR count). The van der Waals surface area contributed by atoms with E-state index in [1.165, 1.54) is 0 Å². The lowest BCUT2D eigenvalue weighted by Gasteiger charge is -2.37. The van der Waals surface area contributed by atoms with E-state index in [4.69, 9.17) is 515 Å². The van der Waals surface area contributed by atoms with Gasteiger partial charge < -0.3 is 0 Å². The zero-order valence-corrected chi connectivity index (χ0v) is 87.0. The third-order valence-corrected chi connectivity index (χ3v) is 446. The molecule has 0 aromatic carbocycles. The smallest absolute Gasteiger partial charge is 0.0451 e. The maximum atomic E-state index is 6.13. The Kier molecular flexibility index (Phi) is 35.6. The molecule has 70 heteroatoms. The fourth-order valence-corrected chi connectivity index (χ4v) is 521. The van der Waals surface area contributed by atoms with Gasteiger partial charge in [-0.3, -0.25) is 7.05 Å². The molecule has 0 heterocycles. The zero-order valence-electron chi connectivity index (χ0n) is 28.5. The van der Waals surface area contributed by atoms with Crippen LogP contribution in [0.1, 0.15) is 0 Å². The Hall–Kier alpha value is 18.9. The van der Waals surface area contributed by atoms with Crippen LogP contribution in [0.25, 0.3) is 0 Å². The minimum absolute atomic E-state index is 1.55. The van der Waals surface area contributed by atoms with Crippen LogP contribution in [0.5, 0.6) is 0 Å². The molecule has 0 aliphatic rings. The van der Waals surface area contributed by atoms with Crippen LogP contribution in [0, 0.1) is 0 Å². The summed E-state index contributed by atoms with van der Waals surface area (Å²) >= 11 is 275. The van der Waals surface area contributed by atoms with Crippen LogP contribution in [0.15, 0.2) is 0 Å². The SMILES string of the molecule is S=[S-](=S)S(=S)(=S)S(=S)(=S)S(=S)(=S)S(=S)(=S)S(=S)(=S)S(=S)(=S)S(=S)(=S)S(=S)(=S)S(=S)(=S)S(=S)(=S)S(=S)(=S)S(=S)(=S)S(=S)(=S)S(=S)(=S)S(=S)(=S)S(=S)(=S)S(=S)(=S)S(=S)(=S)S(=S)(=S)S(=S)(=S)S(=S)(=S)S(=S)(=S)I. The summed E-state index contributed by atoms with van der Waals surface area (Å²) in [5.74, 6) is 0. The van der Waals surface area contributed by atoms with E-state index >= 15 is 0 Å². The highest BCUT2D eigenvalue weighted by molar-refractivity contribution is 14.2. The van der Waals surface area contributed by atoms with Crippen molar-refractivity contribution in [1.29, 1.82) is 0 Å². The van der Waals surface area contributed by atoms with Gasteiger partial charge in [0.2, 0.25) is 0 Å². The van der Waals surface area contributed by atoms with Gasteiger partial charge in [-0.05, 0) is 470 Å². The highest BCUT2D eigenvalue weighted by atomic mass is 127. The highest BCUT2D eigenvalue weighted by Crippen LogP contribution is 2.44. The lowest BCUT2D eigenvalue weighted by molar-refractivity contribution is 4.97.